The van der Waals surface area contributed by atoms with E-state index in [1.807, 2.05) is 6.92 Å². The number of aliphatic hydroxyl groups is 1. The molecule has 0 heterocycles. The Kier molecular flexibility index (Phi) is 8.43. The highest BCUT2D eigenvalue weighted by Gasteiger charge is 2.24. The van der Waals surface area contributed by atoms with Crippen molar-refractivity contribution in [2.75, 3.05) is 19.8 Å². The number of rotatable bonds is 10. The van der Waals surface area contributed by atoms with Gasteiger partial charge in [-0.15, -0.1) is 0 Å². The second-order valence-electron chi connectivity index (χ2n) is 7.54. The van der Waals surface area contributed by atoms with E-state index in [2.05, 4.69) is 103 Å². The molecule has 29 heavy (non-hydrogen) atoms. The SMILES string of the molecule is CCC(O)CCN(C)C(CP(c1ccccc1)c1ccccc1)c1ccccc1. The van der Waals surface area contributed by atoms with E-state index in [1.165, 1.54) is 16.2 Å². The van der Waals surface area contributed by atoms with Gasteiger partial charge in [-0.3, -0.25) is 4.90 Å². The highest BCUT2D eigenvalue weighted by atomic mass is 31.1. The van der Waals surface area contributed by atoms with Crippen LogP contribution in [-0.2, 0) is 0 Å². The Labute approximate surface area is 177 Å². The van der Waals surface area contributed by atoms with Gasteiger partial charge in [-0.2, -0.15) is 0 Å². The van der Waals surface area contributed by atoms with Gasteiger partial charge in [0.2, 0.25) is 0 Å². The molecule has 0 aliphatic carbocycles. The zero-order valence-electron chi connectivity index (χ0n) is 17.5. The summed E-state index contributed by atoms with van der Waals surface area (Å²) >= 11 is 0. The molecule has 3 aromatic rings. The van der Waals surface area contributed by atoms with E-state index >= 15 is 0 Å². The second-order valence-corrected chi connectivity index (χ2v) is 9.79. The van der Waals surface area contributed by atoms with Gasteiger partial charge in [-0.05, 0) is 50.1 Å². The van der Waals surface area contributed by atoms with E-state index in [-0.39, 0.29) is 6.10 Å². The average Bonchev–Trinajstić information content (AvgIpc) is 2.79. The Hall–Kier alpha value is -1.99. The Morgan fingerprint density at radius 2 is 1.28 bits per heavy atom. The Balaban J connectivity index is 1.91. The summed E-state index contributed by atoms with van der Waals surface area (Å²) in [7, 11) is 1.72. The van der Waals surface area contributed by atoms with Gasteiger partial charge in [0.05, 0.1) is 6.10 Å². The van der Waals surface area contributed by atoms with Crippen molar-refractivity contribution < 1.29 is 5.11 Å². The molecule has 3 rings (SSSR count). The molecule has 0 amide bonds. The van der Waals surface area contributed by atoms with Gasteiger partial charge in [-0.25, -0.2) is 0 Å². The molecule has 0 aliphatic heterocycles. The molecule has 0 aromatic heterocycles. The molecule has 3 heteroatoms. The largest absolute Gasteiger partial charge is 0.393 e. The predicted octanol–water partition coefficient (Wildman–Crippen LogP) is 4.95. The first-order chi connectivity index (χ1) is 14.2. The smallest absolute Gasteiger partial charge is 0.0549 e. The lowest BCUT2D eigenvalue weighted by Crippen LogP contribution is -2.31. The minimum Gasteiger partial charge on any atom is -0.393 e. The summed E-state index contributed by atoms with van der Waals surface area (Å²) in [4.78, 5) is 2.43. The zero-order chi connectivity index (χ0) is 20.5. The number of hydrogen-bond donors (Lipinski definition) is 1. The van der Waals surface area contributed by atoms with Crippen molar-refractivity contribution in [1.82, 2.24) is 4.90 Å². The third-order valence-corrected chi connectivity index (χ3v) is 8.05. The fraction of sp³-hybridized carbons (Fsp3) is 0.308. The Bertz CT molecular complexity index is 786. The standard InChI is InChI=1S/C26H32NOP/c1-3-23(28)19-20-27(2)26(22-13-7-4-8-14-22)21-29(24-15-9-5-10-16-24)25-17-11-6-12-18-25/h4-18,23,26,28H,3,19-21H2,1-2H3. The molecular weight excluding hydrogens is 373 g/mol. The van der Waals surface area contributed by atoms with Crippen molar-refractivity contribution in [3.8, 4) is 0 Å². The van der Waals surface area contributed by atoms with E-state index in [9.17, 15) is 5.11 Å². The lowest BCUT2D eigenvalue weighted by molar-refractivity contribution is 0.135. The topological polar surface area (TPSA) is 23.5 Å². The summed E-state index contributed by atoms with van der Waals surface area (Å²) in [5.41, 5.74) is 1.35. The van der Waals surface area contributed by atoms with E-state index in [0.29, 0.717) is 6.04 Å². The Morgan fingerprint density at radius 3 is 1.76 bits per heavy atom. The fourth-order valence-electron chi connectivity index (χ4n) is 3.64. The maximum Gasteiger partial charge on any atom is 0.0549 e. The molecule has 1 N–H and O–H groups in total. The van der Waals surface area contributed by atoms with Gasteiger partial charge in [0.25, 0.3) is 0 Å². The first kappa shape index (κ1) is 21.7. The summed E-state index contributed by atoms with van der Waals surface area (Å²) in [5, 5.41) is 12.9. The molecule has 0 spiro atoms. The van der Waals surface area contributed by atoms with Crippen LogP contribution in [0.5, 0.6) is 0 Å². The first-order valence-corrected chi connectivity index (χ1v) is 12.0. The van der Waals surface area contributed by atoms with Crippen LogP contribution in [0.15, 0.2) is 91.0 Å². The van der Waals surface area contributed by atoms with Crippen molar-refractivity contribution in [1.29, 1.82) is 0 Å². The van der Waals surface area contributed by atoms with Crippen molar-refractivity contribution in [2.45, 2.75) is 31.9 Å². The minimum atomic E-state index is -0.480. The van der Waals surface area contributed by atoms with Crippen LogP contribution in [-0.4, -0.2) is 35.9 Å². The molecule has 2 unspecified atom stereocenters. The van der Waals surface area contributed by atoms with Gasteiger partial charge in [-0.1, -0.05) is 97.9 Å². The molecule has 0 aliphatic rings. The van der Waals surface area contributed by atoms with E-state index in [1.54, 1.807) is 0 Å². The number of hydrogen-bond acceptors (Lipinski definition) is 2. The molecule has 2 nitrogen and oxygen atoms in total. The first-order valence-electron chi connectivity index (χ1n) is 10.5. The van der Waals surface area contributed by atoms with E-state index in [4.69, 9.17) is 0 Å². The van der Waals surface area contributed by atoms with Crippen molar-refractivity contribution in [2.24, 2.45) is 0 Å². The van der Waals surface area contributed by atoms with Crippen molar-refractivity contribution >= 4 is 18.5 Å². The maximum absolute atomic E-state index is 10.1. The summed E-state index contributed by atoms with van der Waals surface area (Å²) in [6, 6.07) is 33.0. The lowest BCUT2D eigenvalue weighted by atomic mass is 10.1. The maximum atomic E-state index is 10.1. The molecule has 0 saturated heterocycles. The zero-order valence-corrected chi connectivity index (χ0v) is 18.4. The molecule has 0 saturated carbocycles. The number of benzene rings is 3. The van der Waals surface area contributed by atoms with Crippen LogP contribution in [0, 0.1) is 0 Å². The van der Waals surface area contributed by atoms with Gasteiger partial charge < -0.3 is 5.11 Å². The van der Waals surface area contributed by atoms with Crippen LogP contribution >= 0.6 is 7.92 Å². The van der Waals surface area contributed by atoms with Gasteiger partial charge in [0.1, 0.15) is 0 Å². The summed E-state index contributed by atoms with van der Waals surface area (Å²) in [6.07, 6.45) is 2.46. The molecule has 0 fully saturated rings. The molecule has 0 bridgehead atoms. The van der Waals surface area contributed by atoms with Crippen molar-refractivity contribution in [3.05, 3.63) is 96.6 Å². The van der Waals surface area contributed by atoms with Crippen molar-refractivity contribution in [3.63, 3.8) is 0 Å². The van der Waals surface area contributed by atoms with Gasteiger partial charge in [0.15, 0.2) is 0 Å². The molecular formula is C26H32NOP. The van der Waals surface area contributed by atoms with Crippen LogP contribution in [0.3, 0.4) is 0 Å². The Morgan fingerprint density at radius 1 is 0.793 bits per heavy atom. The van der Waals surface area contributed by atoms with E-state index in [0.717, 1.165) is 25.5 Å². The second kappa shape index (κ2) is 11.3. The van der Waals surface area contributed by atoms with Crippen LogP contribution in [0.4, 0.5) is 0 Å². The average molecular weight is 406 g/mol. The van der Waals surface area contributed by atoms with Crippen LogP contribution in [0.25, 0.3) is 0 Å². The summed E-state index contributed by atoms with van der Waals surface area (Å²) in [6.45, 7) is 2.94. The monoisotopic (exact) mass is 405 g/mol. The van der Waals surface area contributed by atoms with Gasteiger partial charge in [0, 0.05) is 12.6 Å². The highest BCUT2D eigenvalue weighted by Crippen LogP contribution is 2.40. The molecule has 0 radical (unpaired) electrons. The number of aliphatic hydroxyl groups excluding tert-OH is 1. The van der Waals surface area contributed by atoms with Crippen LogP contribution in [0.2, 0.25) is 0 Å². The molecule has 3 aromatic carbocycles. The summed E-state index contributed by atoms with van der Waals surface area (Å²) < 4.78 is 0. The fourth-order valence-corrected chi connectivity index (χ4v) is 6.26. The third-order valence-electron chi connectivity index (χ3n) is 5.49. The quantitative estimate of drug-likeness (QED) is 0.482. The van der Waals surface area contributed by atoms with Gasteiger partial charge >= 0.3 is 0 Å². The lowest BCUT2D eigenvalue weighted by Gasteiger charge is -2.33. The van der Waals surface area contributed by atoms with Crippen LogP contribution in [0.1, 0.15) is 31.4 Å². The highest BCUT2D eigenvalue weighted by molar-refractivity contribution is 7.73. The normalized spacial score (nSPS) is 13.6. The number of nitrogens with zero attached hydrogens (tertiary/aromatic N) is 1. The van der Waals surface area contributed by atoms with Crippen LogP contribution < -0.4 is 10.6 Å². The molecule has 2 atom stereocenters. The predicted molar refractivity (Wildman–Crippen MR) is 127 cm³/mol. The third kappa shape index (κ3) is 6.24. The minimum absolute atomic E-state index is 0.223. The molecule has 152 valence electrons. The van der Waals surface area contributed by atoms with E-state index < -0.39 is 7.92 Å². The summed E-state index contributed by atoms with van der Waals surface area (Å²) in [5.74, 6) is 0.